The van der Waals surface area contributed by atoms with Gasteiger partial charge in [0.15, 0.2) is 5.69 Å². The third kappa shape index (κ3) is 3.13. The van der Waals surface area contributed by atoms with Crippen molar-refractivity contribution in [2.45, 2.75) is 37.9 Å². The monoisotopic (exact) mass is 379 g/mol. The Morgan fingerprint density at radius 1 is 1.19 bits per heavy atom. The summed E-state index contributed by atoms with van der Waals surface area (Å²) >= 11 is 0. The van der Waals surface area contributed by atoms with Crippen LogP contribution in [-0.2, 0) is 0 Å². The number of primary amides is 1. The van der Waals surface area contributed by atoms with Crippen LogP contribution in [0, 0.1) is 5.92 Å². The van der Waals surface area contributed by atoms with Crippen molar-refractivity contribution in [2.75, 3.05) is 0 Å². The summed E-state index contributed by atoms with van der Waals surface area (Å²) in [6, 6.07) is -0.262. The zero-order chi connectivity index (χ0) is 19.2. The first kappa shape index (κ1) is 17.4. The highest BCUT2D eigenvalue weighted by Gasteiger charge is 2.42. The first-order valence-electron chi connectivity index (χ1n) is 8.44. The largest absolute Gasteiger partial charge is 0.391 e. The zero-order valence-electron chi connectivity index (χ0n) is 14.1. The van der Waals surface area contributed by atoms with Crippen molar-refractivity contribution in [1.82, 2.24) is 29.3 Å². The molecule has 0 aliphatic heterocycles. The topological polar surface area (TPSA) is 105 Å². The Morgan fingerprint density at radius 3 is 2.52 bits per heavy atom. The molecule has 3 aromatic heterocycles. The molecule has 27 heavy (non-hydrogen) atoms. The molecule has 0 radical (unpaired) electrons. The molecule has 3 heterocycles. The van der Waals surface area contributed by atoms with Gasteiger partial charge in [-0.05, 0) is 25.7 Å². The molecule has 1 amide bonds. The maximum atomic E-state index is 12.9. The number of hydrogen-bond acceptors (Lipinski definition) is 5. The highest BCUT2D eigenvalue weighted by molar-refractivity contribution is 6.02. The van der Waals surface area contributed by atoms with Gasteiger partial charge in [0, 0.05) is 12.4 Å². The molecule has 1 saturated carbocycles. The fourth-order valence-electron chi connectivity index (χ4n) is 3.54. The molecule has 11 heteroatoms. The number of fused-ring (bicyclic) bond motifs is 1. The normalized spacial score (nSPS) is 20.9. The predicted molar refractivity (Wildman–Crippen MR) is 88.0 cm³/mol. The van der Waals surface area contributed by atoms with E-state index >= 15 is 0 Å². The van der Waals surface area contributed by atoms with Crippen LogP contribution in [0.25, 0.3) is 17.0 Å². The maximum absolute atomic E-state index is 12.9. The third-order valence-electron chi connectivity index (χ3n) is 4.91. The predicted octanol–water partition coefficient (Wildman–Crippen LogP) is 2.40. The van der Waals surface area contributed by atoms with Gasteiger partial charge >= 0.3 is 6.18 Å². The van der Waals surface area contributed by atoms with Gasteiger partial charge in [0.2, 0.25) is 5.95 Å². The number of amides is 1. The number of alkyl halides is 3. The van der Waals surface area contributed by atoms with E-state index < -0.39 is 18.0 Å². The summed E-state index contributed by atoms with van der Waals surface area (Å²) in [6.45, 7) is 0. The molecule has 1 fully saturated rings. The van der Waals surface area contributed by atoms with Crippen molar-refractivity contribution in [3.63, 3.8) is 0 Å². The molecule has 1 aliphatic carbocycles. The van der Waals surface area contributed by atoms with E-state index in [1.54, 1.807) is 17.1 Å². The lowest BCUT2D eigenvalue weighted by molar-refractivity contribution is -0.183. The number of imidazole rings is 1. The van der Waals surface area contributed by atoms with Gasteiger partial charge in [0.05, 0.1) is 18.2 Å². The van der Waals surface area contributed by atoms with Gasteiger partial charge in [0.25, 0.3) is 5.91 Å². The molecule has 0 saturated heterocycles. The van der Waals surface area contributed by atoms with Crippen molar-refractivity contribution in [2.24, 2.45) is 11.7 Å². The van der Waals surface area contributed by atoms with Crippen LogP contribution in [0.4, 0.5) is 13.2 Å². The minimum absolute atomic E-state index is 0.0147. The summed E-state index contributed by atoms with van der Waals surface area (Å²) in [6.07, 6.45) is 2.59. The number of carbonyl (C=O) groups excluding carboxylic acids is 1. The summed E-state index contributed by atoms with van der Waals surface area (Å²) in [5.74, 6) is -1.83. The molecule has 0 spiro atoms. The van der Waals surface area contributed by atoms with Crippen molar-refractivity contribution >= 4 is 16.9 Å². The molecule has 1 aliphatic rings. The number of halogens is 3. The lowest BCUT2D eigenvalue weighted by Crippen LogP contribution is -2.29. The summed E-state index contributed by atoms with van der Waals surface area (Å²) in [5.41, 5.74) is 6.23. The second kappa shape index (κ2) is 6.32. The van der Waals surface area contributed by atoms with Gasteiger partial charge in [-0.2, -0.15) is 18.3 Å². The van der Waals surface area contributed by atoms with E-state index in [1.807, 2.05) is 0 Å². The Morgan fingerprint density at radius 2 is 1.93 bits per heavy atom. The van der Waals surface area contributed by atoms with E-state index in [0.717, 1.165) is 0 Å². The molecule has 0 bridgehead atoms. The number of rotatable bonds is 3. The highest BCUT2D eigenvalue weighted by atomic mass is 19.4. The first-order chi connectivity index (χ1) is 12.8. The van der Waals surface area contributed by atoms with E-state index in [4.69, 9.17) is 5.73 Å². The molecule has 2 N–H and O–H groups in total. The van der Waals surface area contributed by atoms with Crippen molar-refractivity contribution in [3.05, 3.63) is 30.6 Å². The molecule has 0 atom stereocenters. The average Bonchev–Trinajstić information content (AvgIpc) is 3.30. The Balaban J connectivity index is 1.72. The van der Waals surface area contributed by atoms with Crippen LogP contribution in [0.1, 0.15) is 42.2 Å². The Hall–Kier alpha value is -2.98. The van der Waals surface area contributed by atoms with Gasteiger partial charge in [-0.1, -0.05) is 0 Å². The smallest absolute Gasteiger partial charge is 0.364 e. The SMILES string of the molecule is NC(=O)c1nc(-n2ccnc2)nc2cnn(C3CCC(C(F)(F)F)CC3)c12. The lowest BCUT2D eigenvalue weighted by Gasteiger charge is -2.30. The van der Waals surface area contributed by atoms with Crippen molar-refractivity contribution < 1.29 is 18.0 Å². The van der Waals surface area contributed by atoms with Crippen LogP contribution < -0.4 is 5.73 Å². The van der Waals surface area contributed by atoms with Gasteiger partial charge in [-0.15, -0.1) is 0 Å². The Labute approximate surface area is 151 Å². The standard InChI is InChI=1S/C16H16F3N7O/c17-16(18,19)9-1-3-10(4-2-9)26-13-11(7-22-26)23-15(24-12(13)14(20)27)25-6-5-21-8-25/h5-10H,1-4H2,(H2,20,27). The van der Waals surface area contributed by atoms with Gasteiger partial charge in [-0.25, -0.2) is 15.0 Å². The number of hydrogen-bond donors (Lipinski definition) is 1. The second-order valence-electron chi connectivity index (χ2n) is 6.58. The van der Waals surface area contributed by atoms with Crippen molar-refractivity contribution in [1.29, 1.82) is 0 Å². The second-order valence-corrected chi connectivity index (χ2v) is 6.58. The molecule has 0 unspecified atom stereocenters. The van der Waals surface area contributed by atoms with E-state index in [0.29, 0.717) is 23.9 Å². The number of nitrogens with zero attached hydrogens (tertiary/aromatic N) is 6. The minimum Gasteiger partial charge on any atom is -0.364 e. The van der Waals surface area contributed by atoms with Crippen LogP contribution in [0.2, 0.25) is 0 Å². The average molecular weight is 379 g/mol. The van der Waals surface area contributed by atoms with Gasteiger partial charge in [0.1, 0.15) is 17.4 Å². The van der Waals surface area contributed by atoms with E-state index in [9.17, 15) is 18.0 Å². The van der Waals surface area contributed by atoms with E-state index in [-0.39, 0.29) is 30.5 Å². The van der Waals surface area contributed by atoms with Crippen LogP contribution in [0.3, 0.4) is 0 Å². The summed E-state index contributed by atoms with van der Waals surface area (Å²) in [4.78, 5) is 24.5. The molecule has 142 valence electrons. The Kier molecular flexibility index (Phi) is 4.08. The van der Waals surface area contributed by atoms with Crippen LogP contribution in [-0.4, -0.2) is 41.4 Å². The highest BCUT2D eigenvalue weighted by Crippen LogP contribution is 2.41. The number of carbonyl (C=O) groups is 1. The molecule has 0 aromatic carbocycles. The quantitative estimate of drug-likeness (QED) is 0.752. The van der Waals surface area contributed by atoms with E-state index in [1.165, 1.54) is 17.1 Å². The number of aromatic nitrogens is 6. The summed E-state index contributed by atoms with van der Waals surface area (Å²) in [7, 11) is 0. The molecular weight excluding hydrogens is 363 g/mol. The van der Waals surface area contributed by atoms with Crippen LogP contribution in [0.15, 0.2) is 24.9 Å². The molecule has 8 nitrogen and oxygen atoms in total. The number of nitrogens with two attached hydrogens (primary N) is 1. The fourth-order valence-corrected chi connectivity index (χ4v) is 3.54. The lowest BCUT2D eigenvalue weighted by atomic mass is 9.85. The van der Waals surface area contributed by atoms with Gasteiger partial charge < -0.3 is 5.73 Å². The summed E-state index contributed by atoms with van der Waals surface area (Å²) in [5, 5.41) is 4.27. The fraction of sp³-hybridized carbons (Fsp3) is 0.438. The third-order valence-corrected chi connectivity index (χ3v) is 4.91. The summed E-state index contributed by atoms with van der Waals surface area (Å²) < 4.78 is 41.8. The minimum atomic E-state index is -4.18. The van der Waals surface area contributed by atoms with E-state index in [2.05, 4.69) is 20.1 Å². The zero-order valence-corrected chi connectivity index (χ0v) is 14.1. The first-order valence-corrected chi connectivity index (χ1v) is 8.44. The van der Waals surface area contributed by atoms with Crippen LogP contribution in [0.5, 0.6) is 0 Å². The maximum Gasteiger partial charge on any atom is 0.391 e. The molecule has 3 aromatic rings. The van der Waals surface area contributed by atoms with Crippen LogP contribution >= 0.6 is 0 Å². The Bertz CT molecular complexity index is 972. The molecular formula is C16H16F3N7O. The van der Waals surface area contributed by atoms with Gasteiger partial charge in [-0.3, -0.25) is 14.0 Å². The van der Waals surface area contributed by atoms with Crippen molar-refractivity contribution in [3.8, 4) is 5.95 Å². The molecule has 4 rings (SSSR count).